The van der Waals surface area contributed by atoms with Crippen molar-refractivity contribution >= 4 is 27.5 Å². The topological polar surface area (TPSA) is 65.8 Å². The highest BCUT2D eigenvalue weighted by Crippen LogP contribution is 2.41. The van der Waals surface area contributed by atoms with Crippen molar-refractivity contribution in [1.82, 2.24) is 9.99 Å². The summed E-state index contributed by atoms with van der Waals surface area (Å²) in [6.45, 7) is 0. The summed E-state index contributed by atoms with van der Waals surface area (Å²) in [6, 6.07) is 9.55. The average Bonchev–Trinajstić information content (AvgIpc) is 2.95. The molecule has 136 valence electrons. The van der Waals surface area contributed by atoms with E-state index in [9.17, 15) is 23.1 Å². The molecular formula is C17H13BrF3N3O2. The lowest BCUT2D eigenvalue weighted by atomic mass is 10.0. The minimum atomic E-state index is -5.06. The third-order valence-corrected chi connectivity index (χ3v) is 4.46. The number of pyridine rings is 1. The minimum absolute atomic E-state index is 0.0168. The summed E-state index contributed by atoms with van der Waals surface area (Å²) in [4.78, 5) is 16.3. The van der Waals surface area contributed by atoms with Crippen LogP contribution in [0.1, 0.15) is 17.5 Å². The van der Waals surface area contributed by atoms with Crippen LogP contribution in [0.4, 0.5) is 13.2 Å². The van der Waals surface area contributed by atoms with E-state index >= 15 is 0 Å². The third-order valence-electron chi connectivity index (χ3n) is 3.93. The molecule has 0 saturated heterocycles. The summed E-state index contributed by atoms with van der Waals surface area (Å²) >= 11 is 3.24. The number of nitrogens with zero attached hydrogens (tertiary/aromatic N) is 3. The zero-order valence-corrected chi connectivity index (χ0v) is 14.8. The molecule has 0 fully saturated rings. The predicted molar refractivity (Wildman–Crippen MR) is 91.1 cm³/mol. The fraction of sp³-hybridized carbons (Fsp3) is 0.235. The second-order valence-corrected chi connectivity index (χ2v) is 6.70. The van der Waals surface area contributed by atoms with Crippen molar-refractivity contribution in [3.8, 4) is 0 Å². The molecule has 0 aliphatic carbocycles. The Morgan fingerprint density at radius 2 is 1.96 bits per heavy atom. The van der Waals surface area contributed by atoms with E-state index in [1.807, 2.05) is 0 Å². The highest BCUT2D eigenvalue weighted by molar-refractivity contribution is 9.10. The lowest BCUT2D eigenvalue weighted by Gasteiger charge is -2.32. The molecule has 26 heavy (non-hydrogen) atoms. The Labute approximate surface area is 155 Å². The van der Waals surface area contributed by atoms with Gasteiger partial charge in [0, 0.05) is 16.9 Å². The van der Waals surface area contributed by atoms with Crippen molar-refractivity contribution in [1.29, 1.82) is 0 Å². The smallest absolute Gasteiger partial charge is 0.362 e. The monoisotopic (exact) mass is 427 g/mol. The summed E-state index contributed by atoms with van der Waals surface area (Å²) < 4.78 is 41.3. The van der Waals surface area contributed by atoms with E-state index in [2.05, 4.69) is 26.0 Å². The van der Waals surface area contributed by atoms with Crippen LogP contribution in [0.25, 0.3) is 0 Å². The molecule has 1 N–H and O–H groups in total. The van der Waals surface area contributed by atoms with E-state index < -0.39 is 24.2 Å². The third kappa shape index (κ3) is 3.49. The van der Waals surface area contributed by atoms with Gasteiger partial charge in [-0.2, -0.15) is 23.3 Å². The van der Waals surface area contributed by atoms with Crippen molar-refractivity contribution in [3.05, 3.63) is 64.4 Å². The van der Waals surface area contributed by atoms with Gasteiger partial charge in [-0.25, -0.2) is 0 Å². The second-order valence-electron chi connectivity index (χ2n) is 5.79. The highest BCUT2D eigenvalue weighted by atomic mass is 79.9. The second kappa shape index (κ2) is 6.81. The number of aliphatic hydroxyl groups is 1. The minimum Gasteiger partial charge on any atom is -0.362 e. The van der Waals surface area contributed by atoms with Crippen molar-refractivity contribution in [2.24, 2.45) is 5.10 Å². The number of hydrogen-bond acceptors (Lipinski definition) is 4. The lowest BCUT2D eigenvalue weighted by Crippen LogP contribution is -2.57. The average molecular weight is 428 g/mol. The molecule has 1 atom stereocenters. The Morgan fingerprint density at radius 1 is 1.27 bits per heavy atom. The number of rotatable bonds is 3. The predicted octanol–water partition coefficient (Wildman–Crippen LogP) is 3.27. The van der Waals surface area contributed by atoms with Crippen LogP contribution in [0.2, 0.25) is 0 Å². The number of hydrogen-bond donors (Lipinski definition) is 1. The number of halogens is 4. The van der Waals surface area contributed by atoms with E-state index in [0.29, 0.717) is 11.1 Å². The van der Waals surface area contributed by atoms with Gasteiger partial charge in [0.15, 0.2) is 0 Å². The maximum Gasteiger partial charge on any atom is 0.438 e. The van der Waals surface area contributed by atoms with Gasteiger partial charge >= 0.3 is 6.18 Å². The number of carbonyl (C=O) groups excluding carboxylic acids is 1. The Bertz CT molecular complexity index is 841. The summed E-state index contributed by atoms with van der Waals surface area (Å²) in [5.41, 5.74) is -2.58. The number of aromatic nitrogens is 1. The van der Waals surface area contributed by atoms with Crippen LogP contribution in [0, 0.1) is 0 Å². The van der Waals surface area contributed by atoms with Gasteiger partial charge in [-0.05, 0) is 29.3 Å². The van der Waals surface area contributed by atoms with Gasteiger partial charge in [-0.15, -0.1) is 0 Å². The van der Waals surface area contributed by atoms with E-state index in [0.717, 1.165) is 4.47 Å². The molecular weight excluding hydrogens is 415 g/mol. The molecule has 0 bridgehead atoms. The maximum atomic E-state index is 13.5. The van der Waals surface area contributed by atoms with Gasteiger partial charge in [0.05, 0.1) is 18.6 Å². The van der Waals surface area contributed by atoms with Crippen molar-refractivity contribution in [2.75, 3.05) is 0 Å². The maximum absolute atomic E-state index is 13.5. The Morgan fingerprint density at radius 3 is 2.54 bits per heavy atom. The van der Waals surface area contributed by atoms with Gasteiger partial charge in [-0.3, -0.25) is 9.78 Å². The fourth-order valence-corrected chi connectivity index (χ4v) is 2.85. The van der Waals surface area contributed by atoms with Gasteiger partial charge in [0.1, 0.15) is 0 Å². The molecule has 0 spiro atoms. The summed E-state index contributed by atoms with van der Waals surface area (Å²) in [5.74, 6) is -0.968. The first-order chi connectivity index (χ1) is 12.2. The summed E-state index contributed by atoms with van der Waals surface area (Å²) in [6.07, 6.45) is -3.39. The molecule has 0 radical (unpaired) electrons. The van der Waals surface area contributed by atoms with Crippen molar-refractivity contribution in [2.45, 2.75) is 24.7 Å². The molecule has 1 aliphatic heterocycles. The Hall–Kier alpha value is -2.26. The van der Waals surface area contributed by atoms with Crippen molar-refractivity contribution < 1.29 is 23.1 Å². The number of benzene rings is 1. The Kier molecular flexibility index (Phi) is 4.85. The summed E-state index contributed by atoms with van der Waals surface area (Å²) in [5, 5.41) is 14.2. The molecule has 5 nitrogen and oxygen atoms in total. The highest BCUT2D eigenvalue weighted by Gasteiger charge is 2.63. The van der Waals surface area contributed by atoms with Gasteiger partial charge in [0.2, 0.25) is 5.91 Å². The standard InChI is InChI=1S/C17H13BrF3N3O2/c18-13-5-3-12(4-6-13)14-9-16(26,17(19,20)21)24(23-14)15(25)8-11-2-1-7-22-10-11/h1-7,10,26H,8-9H2. The van der Waals surface area contributed by atoms with Crippen LogP contribution in [0.5, 0.6) is 0 Å². The molecule has 1 aromatic carbocycles. The van der Waals surface area contributed by atoms with E-state index in [1.165, 1.54) is 12.4 Å². The van der Waals surface area contributed by atoms with Crippen LogP contribution in [-0.4, -0.2) is 38.6 Å². The normalized spacial score (nSPS) is 20.2. The zero-order valence-electron chi connectivity index (χ0n) is 13.2. The number of carbonyl (C=O) groups is 1. The quantitative estimate of drug-likeness (QED) is 0.817. The van der Waals surface area contributed by atoms with E-state index in [-0.39, 0.29) is 17.1 Å². The van der Waals surface area contributed by atoms with Crippen LogP contribution in [-0.2, 0) is 11.2 Å². The molecule has 1 amide bonds. The molecule has 2 aromatic rings. The molecule has 1 aliphatic rings. The molecule has 9 heteroatoms. The largest absolute Gasteiger partial charge is 0.438 e. The van der Waals surface area contributed by atoms with Crippen LogP contribution < -0.4 is 0 Å². The summed E-state index contributed by atoms with van der Waals surface area (Å²) in [7, 11) is 0. The van der Waals surface area contributed by atoms with E-state index in [4.69, 9.17) is 0 Å². The molecule has 1 aromatic heterocycles. The van der Waals surface area contributed by atoms with E-state index in [1.54, 1.807) is 36.4 Å². The number of amides is 1. The van der Waals surface area contributed by atoms with Gasteiger partial charge in [0.25, 0.3) is 5.72 Å². The first kappa shape index (κ1) is 18.5. The zero-order chi connectivity index (χ0) is 18.9. The molecule has 1 unspecified atom stereocenters. The lowest BCUT2D eigenvalue weighted by molar-refractivity contribution is -0.302. The van der Waals surface area contributed by atoms with Crippen molar-refractivity contribution in [3.63, 3.8) is 0 Å². The fourth-order valence-electron chi connectivity index (χ4n) is 2.58. The van der Waals surface area contributed by atoms with Crippen LogP contribution in [0.3, 0.4) is 0 Å². The number of hydrazone groups is 1. The number of alkyl halides is 3. The molecule has 0 saturated carbocycles. The van der Waals surface area contributed by atoms with Gasteiger partial charge in [-0.1, -0.05) is 34.1 Å². The van der Waals surface area contributed by atoms with Crippen LogP contribution >= 0.6 is 15.9 Å². The molecule has 3 rings (SSSR count). The first-order valence-corrected chi connectivity index (χ1v) is 8.34. The first-order valence-electron chi connectivity index (χ1n) is 7.55. The van der Waals surface area contributed by atoms with Crippen LogP contribution in [0.15, 0.2) is 58.4 Å². The SMILES string of the molecule is O=C(Cc1cccnc1)N1N=C(c2ccc(Br)cc2)CC1(O)C(F)(F)F. The molecule has 2 heterocycles. The Balaban J connectivity index is 1.94. The van der Waals surface area contributed by atoms with Gasteiger partial charge < -0.3 is 5.11 Å².